The van der Waals surface area contributed by atoms with Crippen LogP contribution in [0.1, 0.15) is 17.3 Å². The van der Waals surface area contributed by atoms with Crippen LogP contribution >= 0.6 is 11.6 Å². The van der Waals surface area contributed by atoms with Gasteiger partial charge < -0.3 is 4.74 Å². The van der Waals surface area contributed by atoms with Gasteiger partial charge in [-0.15, -0.1) is 0 Å². The highest BCUT2D eigenvalue weighted by Crippen LogP contribution is 2.30. The highest BCUT2D eigenvalue weighted by molar-refractivity contribution is 6.68. The Bertz CT molecular complexity index is 729. The summed E-state index contributed by atoms with van der Waals surface area (Å²) in [6.07, 6.45) is 0. The van der Waals surface area contributed by atoms with Gasteiger partial charge in [0.2, 0.25) is 0 Å². The monoisotopic (exact) mass is 310 g/mol. The van der Waals surface area contributed by atoms with Crippen LogP contribution in [-0.2, 0) is 4.79 Å². The van der Waals surface area contributed by atoms with Crippen molar-refractivity contribution in [2.75, 3.05) is 0 Å². The van der Waals surface area contributed by atoms with Crippen LogP contribution in [0.3, 0.4) is 0 Å². The fraction of sp³-hybridized carbons (Fsp3) is 0.0667. The molecule has 0 aliphatic rings. The second-order valence-corrected chi connectivity index (χ2v) is 4.55. The Kier molecular flexibility index (Phi) is 4.33. The van der Waals surface area contributed by atoms with Gasteiger partial charge in [-0.1, -0.05) is 6.07 Å². The standard InChI is InChI=1S/C15H9ClF2O3/c1-8(19)21-14-5-2-9(6-12(14)15(16)20)11-4-3-10(17)7-13(11)18/h2-7H,1H3. The normalized spacial score (nSPS) is 10.3. The lowest BCUT2D eigenvalue weighted by molar-refractivity contribution is -0.131. The van der Waals surface area contributed by atoms with Crippen molar-refractivity contribution < 1.29 is 23.1 Å². The number of halogens is 3. The molecule has 0 amide bonds. The number of carbonyl (C=O) groups excluding carboxylic acids is 2. The first kappa shape index (κ1) is 15.1. The summed E-state index contributed by atoms with van der Waals surface area (Å²) < 4.78 is 31.5. The van der Waals surface area contributed by atoms with Crippen molar-refractivity contribution in [3.8, 4) is 16.9 Å². The van der Waals surface area contributed by atoms with Crippen molar-refractivity contribution >= 4 is 22.8 Å². The SMILES string of the molecule is CC(=O)Oc1ccc(-c2ccc(F)cc2F)cc1C(=O)Cl. The molecule has 0 fully saturated rings. The Labute approximate surface area is 124 Å². The van der Waals surface area contributed by atoms with E-state index < -0.39 is 22.8 Å². The van der Waals surface area contributed by atoms with E-state index in [0.717, 1.165) is 12.1 Å². The molecule has 0 atom stereocenters. The second kappa shape index (κ2) is 6.01. The summed E-state index contributed by atoms with van der Waals surface area (Å²) in [4.78, 5) is 22.3. The van der Waals surface area contributed by atoms with Gasteiger partial charge in [0.15, 0.2) is 0 Å². The van der Waals surface area contributed by atoms with Gasteiger partial charge in [0.25, 0.3) is 5.24 Å². The van der Waals surface area contributed by atoms with E-state index in [1.807, 2.05) is 0 Å². The first-order chi connectivity index (χ1) is 9.88. The molecule has 0 aromatic heterocycles. The van der Waals surface area contributed by atoms with E-state index in [9.17, 15) is 18.4 Å². The molecule has 0 N–H and O–H groups in total. The van der Waals surface area contributed by atoms with Crippen LogP contribution in [0.15, 0.2) is 36.4 Å². The summed E-state index contributed by atoms with van der Waals surface area (Å²) in [5.41, 5.74) is 0.338. The number of ether oxygens (including phenoxy) is 1. The smallest absolute Gasteiger partial charge is 0.308 e. The highest BCUT2D eigenvalue weighted by atomic mass is 35.5. The molecule has 2 aromatic rings. The third-order valence-corrected chi connectivity index (χ3v) is 2.89. The minimum absolute atomic E-state index is 0.0197. The highest BCUT2D eigenvalue weighted by Gasteiger charge is 2.15. The molecule has 108 valence electrons. The van der Waals surface area contributed by atoms with Crippen LogP contribution in [0, 0.1) is 11.6 Å². The third-order valence-electron chi connectivity index (χ3n) is 2.69. The van der Waals surface area contributed by atoms with Crippen LogP contribution in [0.2, 0.25) is 0 Å². The predicted octanol–water partition coefficient (Wildman–Crippen LogP) is 3.94. The van der Waals surface area contributed by atoms with Crippen molar-refractivity contribution in [3.05, 3.63) is 53.6 Å². The lowest BCUT2D eigenvalue weighted by Crippen LogP contribution is -2.05. The van der Waals surface area contributed by atoms with Gasteiger partial charge in [-0.05, 0) is 41.4 Å². The van der Waals surface area contributed by atoms with Crippen molar-refractivity contribution in [2.24, 2.45) is 0 Å². The number of carbonyl (C=O) groups is 2. The van der Waals surface area contributed by atoms with Crippen molar-refractivity contribution in [3.63, 3.8) is 0 Å². The molecule has 0 spiro atoms. The Balaban J connectivity index is 2.53. The molecular weight excluding hydrogens is 302 g/mol. The van der Waals surface area contributed by atoms with Crippen LogP contribution in [0.4, 0.5) is 8.78 Å². The molecule has 6 heteroatoms. The molecule has 3 nitrogen and oxygen atoms in total. The molecule has 0 heterocycles. The molecule has 2 aromatic carbocycles. The molecule has 0 saturated heterocycles. The van der Waals surface area contributed by atoms with Gasteiger partial charge in [0.1, 0.15) is 17.4 Å². The molecule has 0 saturated carbocycles. The topological polar surface area (TPSA) is 43.4 Å². The summed E-state index contributed by atoms with van der Waals surface area (Å²) in [6.45, 7) is 1.18. The Hall–Kier alpha value is -2.27. The summed E-state index contributed by atoms with van der Waals surface area (Å²) in [6, 6.07) is 7.13. The van der Waals surface area contributed by atoms with Gasteiger partial charge in [-0.3, -0.25) is 9.59 Å². The summed E-state index contributed by atoms with van der Waals surface area (Å²) in [7, 11) is 0. The maximum atomic E-state index is 13.7. The lowest BCUT2D eigenvalue weighted by atomic mass is 10.0. The number of hydrogen-bond donors (Lipinski definition) is 0. The maximum Gasteiger partial charge on any atom is 0.308 e. The molecule has 21 heavy (non-hydrogen) atoms. The van der Waals surface area contributed by atoms with Crippen molar-refractivity contribution in [1.29, 1.82) is 0 Å². The fourth-order valence-corrected chi connectivity index (χ4v) is 1.97. The maximum absolute atomic E-state index is 13.7. The quantitative estimate of drug-likeness (QED) is 0.490. The number of rotatable bonds is 3. The molecule has 0 unspecified atom stereocenters. The Morgan fingerprint density at radius 2 is 1.81 bits per heavy atom. The van der Waals surface area contributed by atoms with Gasteiger partial charge >= 0.3 is 5.97 Å². The van der Waals surface area contributed by atoms with E-state index in [2.05, 4.69) is 0 Å². The van der Waals surface area contributed by atoms with Crippen LogP contribution < -0.4 is 4.74 Å². The first-order valence-electron chi connectivity index (χ1n) is 5.86. The molecule has 0 bridgehead atoms. The second-order valence-electron chi connectivity index (χ2n) is 4.20. The van der Waals surface area contributed by atoms with Gasteiger partial charge in [-0.2, -0.15) is 0 Å². The van der Waals surface area contributed by atoms with Gasteiger partial charge in [0.05, 0.1) is 5.56 Å². The molecule has 0 aliphatic heterocycles. The fourth-order valence-electron chi connectivity index (χ4n) is 1.82. The van der Waals surface area contributed by atoms with Gasteiger partial charge in [0, 0.05) is 18.6 Å². The molecule has 0 aliphatic carbocycles. The zero-order valence-electron chi connectivity index (χ0n) is 10.8. The first-order valence-corrected chi connectivity index (χ1v) is 6.24. The molecule has 0 radical (unpaired) electrons. The largest absolute Gasteiger partial charge is 0.426 e. The minimum atomic E-state index is -0.851. The molecular formula is C15H9ClF2O3. The summed E-state index contributed by atoms with van der Waals surface area (Å²) in [5.74, 6) is -2.12. The van der Waals surface area contributed by atoms with E-state index in [1.165, 1.54) is 31.2 Å². The van der Waals surface area contributed by atoms with E-state index >= 15 is 0 Å². The van der Waals surface area contributed by atoms with Crippen LogP contribution in [-0.4, -0.2) is 11.2 Å². The predicted molar refractivity (Wildman–Crippen MR) is 73.3 cm³/mol. The lowest BCUT2D eigenvalue weighted by Gasteiger charge is -2.09. The van der Waals surface area contributed by atoms with Crippen LogP contribution in [0.25, 0.3) is 11.1 Å². The van der Waals surface area contributed by atoms with E-state index in [-0.39, 0.29) is 16.9 Å². The van der Waals surface area contributed by atoms with E-state index in [0.29, 0.717) is 5.56 Å². The average Bonchev–Trinajstić information content (AvgIpc) is 2.38. The zero-order valence-corrected chi connectivity index (χ0v) is 11.6. The molecule has 2 rings (SSSR count). The Morgan fingerprint density at radius 1 is 1.10 bits per heavy atom. The summed E-state index contributed by atoms with van der Waals surface area (Å²) in [5, 5.41) is -0.851. The van der Waals surface area contributed by atoms with Crippen molar-refractivity contribution in [2.45, 2.75) is 6.92 Å². The van der Waals surface area contributed by atoms with Gasteiger partial charge in [-0.25, -0.2) is 8.78 Å². The summed E-state index contributed by atoms with van der Waals surface area (Å²) >= 11 is 5.43. The zero-order chi connectivity index (χ0) is 15.6. The number of hydrogen-bond acceptors (Lipinski definition) is 3. The minimum Gasteiger partial charge on any atom is -0.426 e. The number of esters is 1. The third kappa shape index (κ3) is 3.44. The van der Waals surface area contributed by atoms with E-state index in [1.54, 1.807) is 0 Å². The average molecular weight is 311 g/mol. The Morgan fingerprint density at radius 3 is 2.38 bits per heavy atom. The van der Waals surface area contributed by atoms with E-state index in [4.69, 9.17) is 16.3 Å². The number of benzene rings is 2. The van der Waals surface area contributed by atoms with Crippen LogP contribution in [0.5, 0.6) is 5.75 Å². The van der Waals surface area contributed by atoms with Crippen molar-refractivity contribution in [1.82, 2.24) is 0 Å².